The van der Waals surface area contributed by atoms with Gasteiger partial charge in [-0.15, -0.1) is 0 Å². The zero-order chi connectivity index (χ0) is 9.84. The van der Waals surface area contributed by atoms with Crippen LogP contribution < -0.4 is 0 Å². The summed E-state index contributed by atoms with van der Waals surface area (Å²) < 4.78 is 5.51. The van der Waals surface area contributed by atoms with E-state index in [1.54, 1.807) is 0 Å². The van der Waals surface area contributed by atoms with Gasteiger partial charge in [-0.25, -0.2) is 0 Å². The minimum Gasteiger partial charge on any atom is -0.363 e. The van der Waals surface area contributed by atoms with Crippen molar-refractivity contribution in [3.63, 3.8) is 0 Å². The quantitative estimate of drug-likeness (QED) is 0.673. The SMILES string of the molecule is CC(C)COC1CC(C(C)C)=NO1. The summed E-state index contributed by atoms with van der Waals surface area (Å²) >= 11 is 0. The lowest BCUT2D eigenvalue weighted by Gasteiger charge is -2.11. The number of nitrogens with zero attached hydrogens (tertiary/aromatic N) is 1. The Hall–Kier alpha value is -0.570. The summed E-state index contributed by atoms with van der Waals surface area (Å²) in [6.07, 6.45) is 0.685. The molecule has 0 saturated carbocycles. The van der Waals surface area contributed by atoms with Crippen LogP contribution in [0.3, 0.4) is 0 Å². The predicted octanol–water partition coefficient (Wildman–Crippen LogP) is 2.42. The van der Waals surface area contributed by atoms with Crippen LogP contribution in [0.25, 0.3) is 0 Å². The van der Waals surface area contributed by atoms with Crippen molar-refractivity contribution in [2.45, 2.75) is 40.4 Å². The first-order valence-electron chi connectivity index (χ1n) is 4.93. The van der Waals surface area contributed by atoms with E-state index in [4.69, 9.17) is 9.57 Å². The average molecular weight is 185 g/mol. The van der Waals surface area contributed by atoms with Crippen LogP contribution in [0.2, 0.25) is 0 Å². The second-order valence-corrected chi connectivity index (χ2v) is 4.20. The van der Waals surface area contributed by atoms with Crippen molar-refractivity contribution < 1.29 is 9.57 Å². The fourth-order valence-electron chi connectivity index (χ4n) is 1.10. The molecule has 0 spiro atoms. The standard InChI is InChI=1S/C10H19NO2/c1-7(2)6-12-10-5-9(8(3)4)11-13-10/h7-8,10H,5-6H2,1-4H3. The lowest BCUT2D eigenvalue weighted by molar-refractivity contribution is -0.130. The Balaban J connectivity index is 2.22. The van der Waals surface area contributed by atoms with E-state index in [1.807, 2.05) is 0 Å². The number of hydrogen-bond acceptors (Lipinski definition) is 3. The Kier molecular flexibility index (Phi) is 3.72. The first-order chi connectivity index (χ1) is 6.09. The average Bonchev–Trinajstić information content (AvgIpc) is 2.48. The van der Waals surface area contributed by atoms with Gasteiger partial charge >= 0.3 is 0 Å². The van der Waals surface area contributed by atoms with Gasteiger partial charge in [0.05, 0.1) is 18.7 Å². The third-order valence-corrected chi connectivity index (χ3v) is 1.95. The second-order valence-electron chi connectivity index (χ2n) is 4.20. The summed E-state index contributed by atoms with van der Waals surface area (Å²) in [7, 11) is 0. The first kappa shape index (κ1) is 10.5. The van der Waals surface area contributed by atoms with Gasteiger partial charge in [0.15, 0.2) is 0 Å². The van der Waals surface area contributed by atoms with E-state index in [2.05, 4.69) is 32.9 Å². The van der Waals surface area contributed by atoms with Crippen molar-refractivity contribution in [2.75, 3.05) is 6.61 Å². The topological polar surface area (TPSA) is 30.8 Å². The largest absolute Gasteiger partial charge is 0.363 e. The molecule has 0 aromatic carbocycles. The fourth-order valence-corrected chi connectivity index (χ4v) is 1.10. The van der Waals surface area contributed by atoms with Crippen molar-refractivity contribution in [2.24, 2.45) is 17.0 Å². The van der Waals surface area contributed by atoms with E-state index >= 15 is 0 Å². The van der Waals surface area contributed by atoms with Crippen molar-refractivity contribution >= 4 is 5.71 Å². The molecule has 0 aromatic heterocycles. The monoisotopic (exact) mass is 185 g/mol. The molecule has 3 heteroatoms. The highest BCUT2D eigenvalue weighted by Crippen LogP contribution is 2.17. The van der Waals surface area contributed by atoms with E-state index in [1.165, 1.54) is 0 Å². The summed E-state index contributed by atoms with van der Waals surface area (Å²) in [4.78, 5) is 5.14. The summed E-state index contributed by atoms with van der Waals surface area (Å²) in [5, 5.41) is 3.99. The van der Waals surface area contributed by atoms with Crippen LogP contribution in [-0.2, 0) is 9.57 Å². The van der Waals surface area contributed by atoms with E-state index < -0.39 is 0 Å². The molecule has 1 rings (SSSR count). The Bertz CT molecular complexity index is 187. The van der Waals surface area contributed by atoms with Gasteiger partial charge in [0.25, 0.3) is 0 Å². The molecule has 1 atom stereocenters. The molecule has 0 amide bonds. The lowest BCUT2D eigenvalue weighted by Crippen LogP contribution is -2.17. The normalized spacial score (nSPS) is 22.3. The third kappa shape index (κ3) is 3.35. The molecule has 0 N–H and O–H groups in total. The molecule has 0 saturated heterocycles. The van der Waals surface area contributed by atoms with Gasteiger partial charge in [0.2, 0.25) is 6.29 Å². The van der Waals surface area contributed by atoms with E-state index in [9.17, 15) is 0 Å². The van der Waals surface area contributed by atoms with Gasteiger partial charge in [0, 0.05) is 0 Å². The van der Waals surface area contributed by atoms with E-state index in [0.717, 1.165) is 18.7 Å². The molecule has 1 unspecified atom stereocenters. The van der Waals surface area contributed by atoms with Crippen molar-refractivity contribution in [3.8, 4) is 0 Å². The molecule has 0 fully saturated rings. The van der Waals surface area contributed by atoms with Crippen LogP contribution in [0.5, 0.6) is 0 Å². The molecule has 0 aliphatic carbocycles. The number of rotatable bonds is 4. The van der Waals surface area contributed by atoms with Crippen LogP contribution in [-0.4, -0.2) is 18.6 Å². The Morgan fingerprint density at radius 3 is 2.62 bits per heavy atom. The molecule has 0 bridgehead atoms. The van der Waals surface area contributed by atoms with Gasteiger partial charge in [-0.1, -0.05) is 32.9 Å². The maximum Gasteiger partial charge on any atom is 0.232 e. The van der Waals surface area contributed by atoms with Gasteiger partial charge in [-0.05, 0) is 11.8 Å². The Labute approximate surface area is 80.1 Å². The minimum absolute atomic E-state index is 0.139. The van der Waals surface area contributed by atoms with Crippen LogP contribution in [0.4, 0.5) is 0 Å². The lowest BCUT2D eigenvalue weighted by atomic mass is 10.1. The van der Waals surface area contributed by atoms with Crippen molar-refractivity contribution in [1.82, 2.24) is 0 Å². The van der Waals surface area contributed by atoms with Crippen LogP contribution in [0.15, 0.2) is 5.16 Å². The van der Waals surface area contributed by atoms with Crippen LogP contribution in [0.1, 0.15) is 34.1 Å². The number of hydrogen-bond donors (Lipinski definition) is 0. The summed E-state index contributed by atoms with van der Waals surface area (Å²) in [6, 6.07) is 0. The zero-order valence-electron chi connectivity index (χ0n) is 8.91. The van der Waals surface area contributed by atoms with Crippen LogP contribution in [0, 0.1) is 11.8 Å². The summed E-state index contributed by atoms with van der Waals surface area (Å²) in [6.45, 7) is 9.23. The highest BCUT2D eigenvalue weighted by Gasteiger charge is 2.23. The smallest absolute Gasteiger partial charge is 0.232 e. The summed E-state index contributed by atoms with van der Waals surface area (Å²) in [5.41, 5.74) is 1.11. The summed E-state index contributed by atoms with van der Waals surface area (Å²) in [5.74, 6) is 1.01. The fraction of sp³-hybridized carbons (Fsp3) is 0.900. The molecule has 1 heterocycles. The highest BCUT2D eigenvalue weighted by molar-refractivity contribution is 5.86. The molecular formula is C10H19NO2. The van der Waals surface area contributed by atoms with Crippen molar-refractivity contribution in [3.05, 3.63) is 0 Å². The molecule has 1 aliphatic rings. The molecule has 0 aromatic rings. The molecule has 76 valence electrons. The molecule has 0 radical (unpaired) electrons. The van der Waals surface area contributed by atoms with Crippen molar-refractivity contribution in [1.29, 1.82) is 0 Å². The van der Waals surface area contributed by atoms with Gasteiger partial charge in [-0.3, -0.25) is 0 Å². The first-order valence-corrected chi connectivity index (χ1v) is 4.93. The molecule has 13 heavy (non-hydrogen) atoms. The van der Waals surface area contributed by atoms with Crippen LogP contribution >= 0.6 is 0 Å². The number of oxime groups is 1. The second kappa shape index (κ2) is 4.61. The predicted molar refractivity (Wildman–Crippen MR) is 52.6 cm³/mol. The molecular weight excluding hydrogens is 166 g/mol. The third-order valence-electron chi connectivity index (χ3n) is 1.95. The van der Waals surface area contributed by atoms with Gasteiger partial charge < -0.3 is 9.57 Å². The molecule has 3 nitrogen and oxygen atoms in total. The highest BCUT2D eigenvalue weighted by atomic mass is 16.8. The zero-order valence-corrected chi connectivity index (χ0v) is 8.91. The van der Waals surface area contributed by atoms with Gasteiger partial charge in [-0.2, -0.15) is 0 Å². The Morgan fingerprint density at radius 1 is 1.46 bits per heavy atom. The number of ether oxygens (including phenoxy) is 1. The maximum atomic E-state index is 5.51. The maximum absolute atomic E-state index is 5.51. The van der Waals surface area contributed by atoms with E-state index in [-0.39, 0.29) is 6.29 Å². The Morgan fingerprint density at radius 2 is 2.15 bits per heavy atom. The van der Waals surface area contributed by atoms with Gasteiger partial charge in [0.1, 0.15) is 0 Å². The molecule has 1 aliphatic heterocycles. The van der Waals surface area contributed by atoms with E-state index in [0.29, 0.717) is 11.8 Å². The minimum atomic E-state index is -0.139.